The van der Waals surface area contributed by atoms with Crippen molar-refractivity contribution in [3.63, 3.8) is 0 Å². The summed E-state index contributed by atoms with van der Waals surface area (Å²) in [5.41, 5.74) is -0.763. The summed E-state index contributed by atoms with van der Waals surface area (Å²) in [6, 6.07) is -0.901. The Bertz CT molecular complexity index is 1150. The zero-order valence-electron chi connectivity index (χ0n) is 35.7. The molecular weight excluding hydrogens is 683 g/mol. The van der Waals surface area contributed by atoms with E-state index in [4.69, 9.17) is 0 Å². The molecule has 2 aliphatic rings. The summed E-state index contributed by atoms with van der Waals surface area (Å²) >= 11 is 0. The molecule has 2 heterocycles. The van der Waals surface area contributed by atoms with Crippen LogP contribution in [0.5, 0.6) is 0 Å². The number of nitrogens with one attached hydrogen (secondary N) is 3. The maximum absolute atomic E-state index is 13.7. The average Bonchev–Trinajstić information content (AvgIpc) is 3.79. The van der Waals surface area contributed by atoms with Crippen LogP contribution in [0.15, 0.2) is 0 Å². The van der Waals surface area contributed by atoms with Gasteiger partial charge >= 0.3 is 0 Å². The van der Waals surface area contributed by atoms with Gasteiger partial charge in [-0.15, -0.1) is 0 Å². The van der Waals surface area contributed by atoms with Crippen molar-refractivity contribution in [3.05, 3.63) is 0 Å². The van der Waals surface area contributed by atoms with Gasteiger partial charge in [0, 0.05) is 69.2 Å². The molecule has 0 bridgehead atoms. The summed E-state index contributed by atoms with van der Waals surface area (Å²) < 4.78 is 0. The lowest BCUT2D eigenvalue weighted by Gasteiger charge is -2.36. The summed E-state index contributed by atoms with van der Waals surface area (Å²) in [6.07, 6.45) is 12.3. The van der Waals surface area contributed by atoms with Crippen molar-refractivity contribution in [1.82, 2.24) is 25.8 Å². The Kier molecular flexibility index (Phi) is 19.9. The minimum atomic E-state index is -0.614. The molecule has 54 heavy (non-hydrogen) atoms. The van der Waals surface area contributed by atoms with Crippen LogP contribution in [-0.4, -0.2) is 95.8 Å². The van der Waals surface area contributed by atoms with Gasteiger partial charge in [0.1, 0.15) is 17.6 Å². The van der Waals surface area contributed by atoms with Crippen LogP contribution in [0.25, 0.3) is 0 Å². The molecule has 0 aromatic heterocycles. The number of amides is 4. The van der Waals surface area contributed by atoms with E-state index < -0.39 is 11.5 Å². The smallest absolute Gasteiger partial charge is 0.246 e. The molecule has 310 valence electrons. The van der Waals surface area contributed by atoms with Gasteiger partial charge < -0.3 is 25.8 Å². The van der Waals surface area contributed by atoms with Crippen LogP contribution in [-0.2, 0) is 28.8 Å². The first kappa shape index (κ1) is 47.3. The molecule has 0 radical (unpaired) electrons. The number of carbonyl (C=O) groups excluding carboxylic acids is 6. The molecule has 2 rings (SSSR count). The van der Waals surface area contributed by atoms with Gasteiger partial charge in [-0.05, 0) is 76.2 Å². The van der Waals surface area contributed by atoms with E-state index in [0.717, 1.165) is 64.2 Å². The molecule has 11 heteroatoms. The molecule has 6 atom stereocenters. The Balaban J connectivity index is 1.65. The number of hydrogen-bond acceptors (Lipinski definition) is 7. The quantitative estimate of drug-likeness (QED) is 0.103. The Hall–Kier alpha value is -2.82. The van der Waals surface area contributed by atoms with E-state index in [2.05, 4.69) is 16.0 Å². The Morgan fingerprint density at radius 2 is 1.28 bits per heavy atom. The highest BCUT2D eigenvalue weighted by Gasteiger charge is 2.41. The number of hydrogen-bond donors (Lipinski definition) is 3. The van der Waals surface area contributed by atoms with E-state index in [0.29, 0.717) is 51.7 Å². The lowest BCUT2D eigenvalue weighted by atomic mass is 9.76. The van der Waals surface area contributed by atoms with Crippen molar-refractivity contribution >= 4 is 35.2 Å². The maximum atomic E-state index is 13.7. The zero-order valence-corrected chi connectivity index (χ0v) is 35.7. The molecule has 0 aliphatic carbocycles. The molecule has 2 saturated heterocycles. The third-order valence-electron chi connectivity index (χ3n) is 11.8. The minimum Gasteiger partial charge on any atom is -0.354 e. The molecular formula is C43H77N5O6. The number of ketones is 2. The van der Waals surface area contributed by atoms with Gasteiger partial charge in [0.05, 0.1) is 6.04 Å². The number of likely N-dealkylation sites (tertiary alicyclic amines) is 2. The van der Waals surface area contributed by atoms with E-state index in [1.165, 1.54) is 0 Å². The van der Waals surface area contributed by atoms with Gasteiger partial charge in [0.2, 0.25) is 23.6 Å². The summed E-state index contributed by atoms with van der Waals surface area (Å²) in [4.78, 5) is 81.9. The van der Waals surface area contributed by atoms with Crippen LogP contribution in [0.4, 0.5) is 0 Å². The van der Waals surface area contributed by atoms with Crippen LogP contribution < -0.4 is 16.0 Å². The second-order valence-corrected chi connectivity index (χ2v) is 18.4. The fraction of sp³-hybridized carbons (Fsp3) is 0.860. The average molecular weight is 760 g/mol. The Morgan fingerprint density at radius 1 is 0.722 bits per heavy atom. The van der Waals surface area contributed by atoms with E-state index in [-0.39, 0.29) is 77.0 Å². The van der Waals surface area contributed by atoms with Gasteiger partial charge in [-0.25, -0.2) is 0 Å². The fourth-order valence-electron chi connectivity index (χ4n) is 7.64. The summed E-state index contributed by atoms with van der Waals surface area (Å²) in [7, 11) is 1.76. The molecule has 0 saturated carbocycles. The van der Waals surface area contributed by atoms with Crippen LogP contribution in [0, 0.1) is 22.7 Å². The fourth-order valence-corrected chi connectivity index (χ4v) is 7.64. The molecule has 0 aromatic rings. The van der Waals surface area contributed by atoms with Crippen molar-refractivity contribution in [2.45, 2.75) is 189 Å². The number of rotatable bonds is 23. The molecule has 0 spiro atoms. The van der Waals surface area contributed by atoms with Gasteiger partial charge in [-0.1, -0.05) is 81.1 Å². The Morgan fingerprint density at radius 3 is 1.83 bits per heavy atom. The first-order valence-corrected chi connectivity index (χ1v) is 21.2. The monoisotopic (exact) mass is 760 g/mol. The highest BCUT2D eigenvalue weighted by molar-refractivity contribution is 5.90. The van der Waals surface area contributed by atoms with E-state index in [9.17, 15) is 28.8 Å². The largest absolute Gasteiger partial charge is 0.354 e. The summed E-state index contributed by atoms with van der Waals surface area (Å²) in [6.45, 7) is 19.4. The number of likely N-dealkylation sites (N-methyl/N-ethyl adjacent to an activating group) is 1. The highest BCUT2D eigenvalue weighted by atomic mass is 16.2. The second-order valence-electron chi connectivity index (χ2n) is 18.4. The highest BCUT2D eigenvalue weighted by Crippen LogP contribution is 2.34. The van der Waals surface area contributed by atoms with Crippen LogP contribution in [0.1, 0.15) is 165 Å². The standard InChI is InChI=1S/C43H77N5O6/c1-11-30(2)39(52)46-38(43(7,8)9)41(54)48-27-19-21-33(48)29-45-37(51)23-17-15-13-12-14-16-22-34(49)25-24-32-20-18-26-47(32)40(53)35(42(4,5)6)28-36(50)31(3)44-10/h30-33,35,38,44H,11-29H2,1-10H3,(H,45,51)(H,46,52)/t30-,31+,32+,33+,35-,38-/m1/s1. The number of nitrogens with zero attached hydrogens (tertiary/aromatic N) is 2. The second kappa shape index (κ2) is 22.7. The van der Waals surface area contributed by atoms with Crippen molar-refractivity contribution in [2.24, 2.45) is 22.7 Å². The van der Waals surface area contributed by atoms with Gasteiger partial charge in [-0.3, -0.25) is 28.8 Å². The van der Waals surface area contributed by atoms with Gasteiger partial charge in [-0.2, -0.15) is 0 Å². The molecule has 3 N–H and O–H groups in total. The predicted molar refractivity (Wildman–Crippen MR) is 216 cm³/mol. The molecule has 4 amide bonds. The molecule has 2 aliphatic heterocycles. The molecule has 2 fully saturated rings. The normalized spacial score (nSPS) is 20.0. The van der Waals surface area contributed by atoms with Crippen LogP contribution in [0.2, 0.25) is 0 Å². The topological polar surface area (TPSA) is 145 Å². The summed E-state index contributed by atoms with van der Waals surface area (Å²) in [5.74, 6) is -0.346. The third-order valence-corrected chi connectivity index (χ3v) is 11.8. The zero-order chi connectivity index (χ0) is 40.6. The van der Waals surface area contributed by atoms with E-state index in [1.807, 2.05) is 72.1 Å². The van der Waals surface area contributed by atoms with E-state index >= 15 is 0 Å². The minimum absolute atomic E-state index is 0.00526. The van der Waals surface area contributed by atoms with Crippen molar-refractivity contribution in [3.8, 4) is 0 Å². The lowest BCUT2D eigenvalue weighted by Crippen LogP contribution is -2.57. The number of Topliss-reactive ketones (excluding diaryl/α,β-unsaturated/α-hetero) is 2. The van der Waals surface area contributed by atoms with Crippen LogP contribution >= 0.6 is 0 Å². The van der Waals surface area contributed by atoms with Crippen LogP contribution in [0.3, 0.4) is 0 Å². The number of carbonyl (C=O) groups is 6. The van der Waals surface area contributed by atoms with Gasteiger partial charge in [0.25, 0.3) is 0 Å². The predicted octanol–water partition coefficient (Wildman–Crippen LogP) is 6.36. The third kappa shape index (κ3) is 15.4. The first-order valence-electron chi connectivity index (χ1n) is 21.2. The van der Waals surface area contributed by atoms with E-state index in [1.54, 1.807) is 7.05 Å². The summed E-state index contributed by atoms with van der Waals surface area (Å²) in [5, 5.41) is 9.05. The van der Waals surface area contributed by atoms with Crippen molar-refractivity contribution < 1.29 is 28.8 Å². The molecule has 0 aromatic carbocycles. The van der Waals surface area contributed by atoms with Gasteiger partial charge in [0.15, 0.2) is 0 Å². The SMILES string of the molecule is CC[C@@H](C)C(=O)N[C@H](C(=O)N1CCC[C@H]1CNC(=O)CCCCCCCCC(=O)CC[C@@H]1CCCN1C(=O)[C@@H](CC(=O)[C@H](C)NC)C(C)(C)C)C(C)(C)C. The molecule has 11 nitrogen and oxygen atoms in total. The lowest BCUT2D eigenvalue weighted by molar-refractivity contribution is -0.143. The Labute approximate surface area is 327 Å². The van der Waals surface area contributed by atoms with Crippen molar-refractivity contribution in [2.75, 3.05) is 26.7 Å². The maximum Gasteiger partial charge on any atom is 0.246 e. The molecule has 0 unspecified atom stereocenters. The first-order chi connectivity index (χ1) is 25.3. The number of unbranched alkanes of at least 4 members (excludes halogenated alkanes) is 5. The van der Waals surface area contributed by atoms with Crippen molar-refractivity contribution in [1.29, 1.82) is 0 Å².